The van der Waals surface area contributed by atoms with E-state index in [0.29, 0.717) is 24.9 Å². The summed E-state index contributed by atoms with van der Waals surface area (Å²) in [5, 5.41) is 33.3. The van der Waals surface area contributed by atoms with Crippen LogP contribution >= 0.6 is 0 Å². The van der Waals surface area contributed by atoms with Crippen molar-refractivity contribution in [2.24, 2.45) is 22.9 Å². The maximum Gasteiger partial charge on any atom is 0.303 e. The number of aliphatic carboxylic acids is 1. The standard InChI is InChI=1S/C20H35NO5/c1-2-3-4-5-7-14(22)9-10-15-16-12-18(17(16)13-19(15)23)21-26-11-6-8-20(24)25/h14-17,19,22-23H,2-13H2,1H3,(H,24,25). The molecule has 5 unspecified atom stereocenters. The van der Waals surface area contributed by atoms with E-state index >= 15 is 0 Å². The smallest absolute Gasteiger partial charge is 0.303 e. The molecule has 0 spiro atoms. The number of rotatable bonds is 13. The van der Waals surface area contributed by atoms with Gasteiger partial charge < -0.3 is 20.2 Å². The van der Waals surface area contributed by atoms with Crippen LogP contribution in [0.3, 0.4) is 0 Å². The van der Waals surface area contributed by atoms with E-state index in [1.807, 2.05) is 0 Å². The maximum atomic E-state index is 10.4. The normalized spacial score (nSPS) is 30.0. The minimum Gasteiger partial charge on any atom is -0.481 e. The first-order chi connectivity index (χ1) is 12.5. The van der Waals surface area contributed by atoms with E-state index in [9.17, 15) is 15.0 Å². The molecule has 0 radical (unpaired) electrons. The fourth-order valence-corrected chi connectivity index (χ4v) is 4.37. The van der Waals surface area contributed by atoms with Crippen LogP contribution in [0.4, 0.5) is 0 Å². The van der Waals surface area contributed by atoms with Crippen molar-refractivity contribution in [2.45, 2.75) is 89.8 Å². The number of aliphatic hydroxyl groups excluding tert-OH is 2. The van der Waals surface area contributed by atoms with Crippen molar-refractivity contribution in [2.75, 3.05) is 6.61 Å². The van der Waals surface area contributed by atoms with Crippen LogP contribution in [0.25, 0.3) is 0 Å². The first kappa shape index (κ1) is 21.2. The van der Waals surface area contributed by atoms with E-state index in [1.54, 1.807) is 0 Å². The molecule has 2 saturated carbocycles. The Hall–Kier alpha value is -1.14. The number of carboxylic acid groups (broad SMARTS) is 1. The molecule has 0 aromatic carbocycles. The van der Waals surface area contributed by atoms with Crippen LogP contribution in [0.5, 0.6) is 0 Å². The van der Waals surface area contributed by atoms with Crippen molar-refractivity contribution < 1.29 is 25.0 Å². The maximum absolute atomic E-state index is 10.4. The highest BCUT2D eigenvalue weighted by atomic mass is 16.6. The van der Waals surface area contributed by atoms with Crippen molar-refractivity contribution in [1.29, 1.82) is 0 Å². The summed E-state index contributed by atoms with van der Waals surface area (Å²) in [6.07, 6.45) is 8.84. The second-order valence-corrected chi connectivity index (χ2v) is 7.94. The lowest BCUT2D eigenvalue weighted by Gasteiger charge is -2.35. The Balaban J connectivity index is 1.65. The zero-order valence-corrected chi connectivity index (χ0v) is 16.0. The topological polar surface area (TPSA) is 99.4 Å². The van der Waals surface area contributed by atoms with Crippen molar-refractivity contribution in [1.82, 2.24) is 0 Å². The molecule has 2 rings (SSSR count). The van der Waals surface area contributed by atoms with E-state index < -0.39 is 5.97 Å². The van der Waals surface area contributed by atoms with Gasteiger partial charge in [-0.3, -0.25) is 4.79 Å². The molecule has 150 valence electrons. The number of oxime groups is 1. The van der Waals surface area contributed by atoms with Gasteiger partial charge in [-0.2, -0.15) is 0 Å². The molecule has 5 atom stereocenters. The predicted octanol–water partition coefficient (Wildman–Crippen LogP) is 3.35. The highest BCUT2D eigenvalue weighted by Gasteiger charge is 2.51. The Kier molecular flexibility index (Phi) is 8.85. The van der Waals surface area contributed by atoms with Gasteiger partial charge in [0.1, 0.15) is 6.61 Å². The van der Waals surface area contributed by atoms with E-state index in [1.165, 1.54) is 19.3 Å². The van der Waals surface area contributed by atoms with E-state index in [0.717, 1.165) is 44.2 Å². The number of aliphatic hydroxyl groups is 2. The summed E-state index contributed by atoms with van der Waals surface area (Å²) in [4.78, 5) is 15.7. The minimum absolute atomic E-state index is 0.0957. The van der Waals surface area contributed by atoms with Gasteiger partial charge in [-0.25, -0.2) is 0 Å². The Morgan fingerprint density at radius 1 is 1.27 bits per heavy atom. The average molecular weight is 370 g/mol. The molecule has 26 heavy (non-hydrogen) atoms. The first-order valence-electron chi connectivity index (χ1n) is 10.3. The Bertz CT molecular complexity index is 467. The predicted molar refractivity (Wildman–Crippen MR) is 100.0 cm³/mol. The molecule has 6 heteroatoms. The van der Waals surface area contributed by atoms with Crippen LogP contribution in [-0.4, -0.2) is 45.8 Å². The average Bonchev–Trinajstić information content (AvgIpc) is 2.84. The Morgan fingerprint density at radius 3 is 2.81 bits per heavy atom. The van der Waals surface area contributed by atoms with Crippen LogP contribution in [0, 0.1) is 17.8 Å². The number of carbonyl (C=O) groups is 1. The number of hydrogen-bond donors (Lipinski definition) is 3. The third kappa shape index (κ3) is 6.23. The summed E-state index contributed by atoms with van der Waals surface area (Å²) in [5.74, 6) is 0.199. The molecule has 0 saturated heterocycles. The quantitative estimate of drug-likeness (QED) is 0.341. The Morgan fingerprint density at radius 2 is 2.08 bits per heavy atom. The molecule has 0 aromatic rings. The highest BCUT2D eigenvalue weighted by molar-refractivity contribution is 5.93. The van der Waals surface area contributed by atoms with E-state index in [2.05, 4.69) is 12.1 Å². The molecule has 3 N–H and O–H groups in total. The van der Waals surface area contributed by atoms with Crippen LogP contribution in [0.1, 0.15) is 77.6 Å². The molecular formula is C20H35NO5. The lowest BCUT2D eigenvalue weighted by molar-refractivity contribution is -0.137. The van der Waals surface area contributed by atoms with Gasteiger partial charge in [-0.15, -0.1) is 0 Å². The van der Waals surface area contributed by atoms with Gasteiger partial charge in [0, 0.05) is 12.3 Å². The highest BCUT2D eigenvalue weighted by Crippen LogP contribution is 2.50. The minimum atomic E-state index is -0.820. The second kappa shape index (κ2) is 10.9. The molecule has 0 heterocycles. The van der Waals surface area contributed by atoms with Gasteiger partial charge in [0.2, 0.25) is 0 Å². The number of hydrogen-bond acceptors (Lipinski definition) is 5. The van der Waals surface area contributed by atoms with Crippen LogP contribution in [-0.2, 0) is 9.63 Å². The van der Waals surface area contributed by atoms with Gasteiger partial charge >= 0.3 is 5.97 Å². The lowest BCUT2D eigenvalue weighted by Crippen LogP contribution is -2.37. The van der Waals surface area contributed by atoms with Crippen LogP contribution in [0.15, 0.2) is 5.16 Å². The number of carboxylic acids is 1. The fourth-order valence-electron chi connectivity index (χ4n) is 4.37. The monoisotopic (exact) mass is 369 g/mol. The summed E-state index contributed by atoms with van der Waals surface area (Å²) in [6.45, 7) is 2.51. The second-order valence-electron chi connectivity index (χ2n) is 7.94. The van der Waals surface area contributed by atoms with E-state index in [-0.39, 0.29) is 24.5 Å². The van der Waals surface area contributed by atoms with Crippen molar-refractivity contribution >= 4 is 11.7 Å². The summed E-state index contributed by atoms with van der Waals surface area (Å²) < 4.78 is 0. The first-order valence-corrected chi connectivity index (χ1v) is 10.3. The van der Waals surface area contributed by atoms with Gasteiger partial charge in [0.15, 0.2) is 0 Å². The summed E-state index contributed by atoms with van der Waals surface area (Å²) in [7, 11) is 0. The van der Waals surface area contributed by atoms with Crippen molar-refractivity contribution in [3.63, 3.8) is 0 Å². The zero-order chi connectivity index (χ0) is 18.9. The fraction of sp³-hybridized carbons (Fsp3) is 0.900. The molecule has 0 aromatic heterocycles. The summed E-state index contributed by atoms with van der Waals surface area (Å²) >= 11 is 0. The zero-order valence-electron chi connectivity index (χ0n) is 16.0. The van der Waals surface area contributed by atoms with E-state index in [4.69, 9.17) is 9.94 Å². The number of nitrogens with zero attached hydrogens (tertiary/aromatic N) is 1. The molecule has 2 aliphatic carbocycles. The van der Waals surface area contributed by atoms with Crippen molar-refractivity contribution in [3.05, 3.63) is 0 Å². The summed E-state index contributed by atoms with van der Waals surface area (Å²) in [6, 6.07) is 0. The molecular weight excluding hydrogens is 334 g/mol. The largest absolute Gasteiger partial charge is 0.481 e. The summed E-state index contributed by atoms with van der Waals surface area (Å²) in [5.41, 5.74) is 1.01. The number of unbranched alkanes of at least 4 members (excludes halogenated alkanes) is 3. The third-order valence-corrected chi connectivity index (χ3v) is 5.96. The molecule has 0 aliphatic heterocycles. The number of fused-ring (bicyclic) bond motifs is 1. The molecule has 6 nitrogen and oxygen atoms in total. The Labute approximate surface area is 156 Å². The molecule has 0 bridgehead atoms. The third-order valence-electron chi connectivity index (χ3n) is 5.96. The van der Waals surface area contributed by atoms with Crippen LogP contribution < -0.4 is 0 Å². The van der Waals surface area contributed by atoms with Gasteiger partial charge in [0.25, 0.3) is 0 Å². The molecule has 2 aliphatic rings. The van der Waals surface area contributed by atoms with Gasteiger partial charge in [-0.1, -0.05) is 37.8 Å². The molecule has 0 amide bonds. The SMILES string of the molecule is CCCCCCC(O)CCC1C(O)CC2C(=NOCCCC(=O)O)CC21. The van der Waals surface area contributed by atoms with Gasteiger partial charge in [-0.05, 0) is 50.4 Å². The lowest BCUT2D eigenvalue weighted by atomic mass is 9.70. The molecule has 2 fully saturated rings. The van der Waals surface area contributed by atoms with Crippen LogP contribution in [0.2, 0.25) is 0 Å². The van der Waals surface area contributed by atoms with Gasteiger partial charge in [0.05, 0.1) is 17.9 Å². The van der Waals surface area contributed by atoms with Crippen molar-refractivity contribution in [3.8, 4) is 0 Å².